The highest BCUT2D eigenvalue weighted by Crippen LogP contribution is 2.57. The van der Waals surface area contributed by atoms with E-state index in [4.69, 9.17) is 10.2 Å². The van der Waals surface area contributed by atoms with Gasteiger partial charge in [0.25, 0.3) is 0 Å². The minimum absolute atomic E-state index is 0.273. The first-order chi connectivity index (χ1) is 9.03. The summed E-state index contributed by atoms with van der Waals surface area (Å²) in [4.78, 5) is 41.2. The lowest BCUT2D eigenvalue weighted by atomic mass is 10.1. The number of hydrogen-bond donors (Lipinski definition) is 2. The van der Waals surface area contributed by atoms with Crippen molar-refractivity contribution in [3.63, 3.8) is 0 Å². The molecule has 0 radical (unpaired) electrons. The summed E-state index contributed by atoms with van der Waals surface area (Å²) in [7, 11) is 0. The molecule has 0 spiro atoms. The van der Waals surface area contributed by atoms with Crippen LogP contribution >= 0.6 is 0 Å². The monoisotopic (exact) mass is 284 g/mol. The van der Waals surface area contributed by atoms with Gasteiger partial charge in [-0.3, -0.25) is 9.59 Å². The number of carboxylic acids is 2. The highest BCUT2D eigenvalue weighted by molar-refractivity contribution is 5.83. The highest BCUT2D eigenvalue weighted by Gasteiger charge is 2.62. The maximum atomic E-state index is 10.4. The van der Waals surface area contributed by atoms with E-state index in [1.807, 2.05) is 0 Å². The Hall–Kier alpha value is -1.72. The molecular formula is C14H20O6. The molecule has 2 rings (SSSR count). The number of carbonyl (C=O) groups is 4. The van der Waals surface area contributed by atoms with Crippen molar-refractivity contribution in [2.24, 2.45) is 34.5 Å². The van der Waals surface area contributed by atoms with Crippen LogP contribution in [0.5, 0.6) is 0 Å². The number of carboxylic acid groups (broad SMARTS) is 2. The lowest BCUT2D eigenvalue weighted by molar-refractivity contribution is -0.140. The van der Waals surface area contributed by atoms with E-state index in [1.165, 1.54) is 0 Å². The molecule has 2 fully saturated rings. The Labute approximate surface area is 117 Å². The number of carbonyl (C=O) groups excluding carboxylic acids is 2. The normalized spacial score (nSPS) is 35.0. The zero-order valence-electron chi connectivity index (χ0n) is 12.0. The van der Waals surface area contributed by atoms with Crippen LogP contribution in [0.15, 0.2) is 0 Å². The standard InChI is InChI=1S/2C7H10O3/c2*1-7(2)4(3-8)5(7)6(9)10/h2*3-5H,1-2H3,(H,9,10)/t2*4-,5+/m10/s1. The van der Waals surface area contributed by atoms with Gasteiger partial charge in [0.05, 0.1) is 11.8 Å². The molecule has 0 aromatic rings. The highest BCUT2D eigenvalue weighted by atomic mass is 16.4. The van der Waals surface area contributed by atoms with Crippen molar-refractivity contribution >= 4 is 24.5 Å². The van der Waals surface area contributed by atoms with Crippen molar-refractivity contribution in [1.82, 2.24) is 0 Å². The molecule has 112 valence electrons. The molecule has 2 aliphatic rings. The molecule has 2 N–H and O–H groups in total. The van der Waals surface area contributed by atoms with Crippen molar-refractivity contribution in [3.8, 4) is 0 Å². The topological polar surface area (TPSA) is 109 Å². The van der Waals surface area contributed by atoms with Crippen LogP contribution in [-0.2, 0) is 19.2 Å². The Balaban J connectivity index is 0.000000200. The quantitative estimate of drug-likeness (QED) is 0.748. The molecule has 6 heteroatoms. The van der Waals surface area contributed by atoms with Gasteiger partial charge in [-0.1, -0.05) is 27.7 Å². The molecule has 0 aliphatic heterocycles. The van der Waals surface area contributed by atoms with Gasteiger partial charge in [-0.25, -0.2) is 0 Å². The lowest BCUT2D eigenvalue weighted by Gasteiger charge is -1.94. The molecule has 0 saturated heterocycles. The molecule has 6 nitrogen and oxygen atoms in total. The first kappa shape index (κ1) is 16.3. The van der Waals surface area contributed by atoms with Gasteiger partial charge < -0.3 is 19.8 Å². The van der Waals surface area contributed by atoms with Gasteiger partial charge in [0, 0.05) is 11.8 Å². The SMILES string of the molecule is CC1(C)[C@@H](C=O)[C@@H]1C(=O)O.CC1(C)[C@H](C=O)[C@H]1C(=O)O. The van der Waals surface area contributed by atoms with Gasteiger partial charge in [0.1, 0.15) is 12.6 Å². The average molecular weight is 284 g/mol. The summed E-state index contributed by atoms with van der Waals surface area (Å²) >= 11 is 0. The molecule has 0 aromatic carbocycles. The van der Waals surface area contributed by atoms with Crippen molar-refractivity contribution in [2.45, 2.75) is 27.7 Å². The summed E-state index contributed by atoms with van der Waals surface area (Å²) in [6.07, 6.45) is 1.47. The van der Waals surface area contributed by atoms with Crippen LogP contribution in [0, 0.1) is 34.5 Å². The molecule has 0 bridgehead atoms. The van der Waals surface area contributed by atoms with Gasteiger partial charge in [-0.05, 0) is 10.8 Å². The van der Waals surface area contributed by atoms with Crippen LogP contribution in [0.25, 0.3) is 0 Å². The van der Waals surface area contributed by atoms with Gasteiger partial charge in [0.2, 0.25) is 0 Å². The van der Waals surface area contributed by atoms with E-state index in [-0.39, 0.29) is 22.7 Å². The molecule has 0 unspecified atom stereocenters. The predicted octanol–water partition coefficient (Wildman–Crippen LogP) is 1.08. The van der Waals surface area contributed by atoms with E-state index in [0.29, 0.717) is 0 Å². The maximum Gasteiger partial charge on any atom is 0.307 e. The number of aldehydes is 2. The van der Waals surface area contributed by atoms with E-state index >= 15 is 0 Å². The van der Waals surface area contributed by atoms with Crippen LogP contribution in [0.3, 0.4) is 0 Å². The Morgan fingerprint density at radius 3 is 1.10 bits per heavy atom. The molecule has 2 aliphatic carbocycles. The van der Waals surface area contributed by atoms with Crippen LogP contribution in [0.2, 0.25) is 0 Å². The zero-order valence-corrected chi connectivity index (χ0v) is 12.0. The largest absolute Gasteiger partial charge is 0.481 e. The Morgan fingerprint density at radius 1 is 0.800 bits per heavy atom. The van der Waals surface area contributed by atoms with Crippen LogP contribution in [-0.4, -0.2) is 34.7 Å². The molecule has 0 aromatic heterocycles. The molecule has 0 amide bonds. The van der Waals surface area contributed by atoms with Gasteiger partial charge in [-0.2, -0.15) is 0 Å². The molecule has 0 heterocycles. The maximum absolute atomic E-state index is 10.4. The Morgan fingerprint density at radius 2 is 1.05 bits per heavy atom. The number of aliphatic carboxylic acids is 2. The van der Waals surface area contributed by atoms with Gasteiger partial charge >= 0.3 is 11.9 Å². The van der Waals surface area contributed by atoms with Gasteiger partial charge in [0.15, 0.2) is 0 Å². The van der Waals surface area contributed by atoms with Crippen molar-refractivity contribution in [1.29, 1.82) is 0 Å². The minimum Gasteiger partial charge on any atom is -0.481 e. The van der Waals surface area contributed by atoms with E-state index in [2.05, 4.69) is 0 Å². The summed E-state index contributed by atoms with van der Waals surface area (Å²) in [6, 6.07) is 0. The summed E-state index contributed by atoms with van der Waals surface area (Å²) in [6.45, 7) is 7.19. The van der Waals surface area contributed by atoms with Crippen molar-refractivity contribution < 1.29 is 29.4 Å². The van der Waals surface area contributed by atoms with Crippen LogP contribution in [0.4, 0.5) is 0 Å². The zero-order chi connectivity index (χ0) is 15.9. The summed E-state index contributed by atoms with van der Waals surface area (Å²) in [5, 5.41) is 17.1. The van der Waals surface area contributed by atoms with E-state index in [9.17, 15) is 19.2 Å². The molecular weight excluding hydrogens is 264 g/mol. The molecule has 2 saturated carbocycles. The van der Waals surface area contributed by atoms with E-state index in [0.717, 1.165) is 12.6 Å². The number of rotatable bonds is 4. The first-order valence-electron chi connectivity index (χ1n) is 6.39. The average Bonchev–Trinajstić information content (AvgIpc) is 3.07. The second kappa shape index (κ2) is 5.00. The van der Waals surface area contributed by atoms with E-state index in [1.54, 1.807) is 27.7 Å². The Kier molecular flexibility index (Phi) is 4.08. The van der Waals surface area contributed by atoms with Crippen LogP contribution < -0.4 is 0 Å². The minimum atomic E-state index is -0.859. The van der Waals surface area contributed by atoms with Crippen LogP contribution in [0.1, 0.15) is 27.7 Å². The third kappa shape index (κ3) is 2.59. The third-order valence-electron chi connectivity index (χ3n) is 4.65. The fourth-order valence-electron chi connectivity index (χ4n) is 2.81. The summed E-state index contributed by atoms with van der Waals surface area (Å²) in [5.41, 5.74) is -0.624. The van der Waals surface area contributed by atoms with Crippen molar-refractivity contribution in [3.05, 3.63) is 0 Å². The molecule has 4 atom stereocenters. The molecule has 20 heavy (non-hydrogen) atoms. The van der Waals surface area contributed by atoms with Gasteiger partial charge in [-0.15, -0.1) is 0 Å². The fraction of sp³-hybridized carbons (Fsp3) is 0.714. The van der Waals surface area contributed by atoms with E-state index < -0.39 is 23.8 Å². The number of hydrogen-bond acceptors (Lipinski definition) is 4. The first-order valence-corrected chi connectivity index (χ1v) is 6.39. The lowest BCUT2D eigenvalue weighted by Crippen LogP contribution is -2.03. The second-order valence-electron chi connectivity index (χ2n) is 6.60. The third-order valence-corrected chi connectivity index (χ3v) is 4.65. The fourth-order valence-corrected chi connectivity index (χ4v) is 2.81. The predicted molar refractivity (Wildman–Crippen MR) is 68.9 cm³/mol. The summed E-state index contributed by atoms with van der Waals surface area (Å²) in [5.74, 6) is -3.17. The smallest absolute Gasteiger partial charge is 0.307 e. The summed E-state index contributed by atoms with van der Waals surface area (Å²) < 4.78 is 0. The van der Waals surface area contributed by atoms with Crippen molar-refractivity contribution in [2.75, 3.05) is 0 Å². The second-order valence-corrected chi connectivity index (χ2v) is 6.60. The Bertz CT molecular complexity index is 409.